The third-order valence-electron chi connectivity index (χ3n) is 4.30. The van der Waals surface area contributed by atoms with Gasteiger partial charge < -0.3 is 23.9 Å². The first kappa shape index (κ1) is 16.3. The summed E-state index contributed by atoms with van der Waals surface area (Å²) in [5.41, 5.74) is 1.77. The van der Waals surface area contributed by atoms with Crippen LogP contribution in [0.15, 0.2) is 40.8 Å². The molecule has 0 atom stereocenters. The van der Waals surface area contributed by atoms with E-state index in [2.05, 4.69) is 5.32 Å². The zero-order valence-corrected chi connectivity index (χ0v) is 14.6. The summed E-state index contributed by atoms with van der Waals surface area (Å²) in [6.07, 6.45) is 0.832. The number of carbonyl (C=O) groups excluding carboxylic acids is 1. The van der Waals surface area contributed by atoms with Crippen LogP contribution in [0.4, 0.5) is 5.69 Å². The van der Waals surface area contributed by atoms with Gasteiger partial charge in [0.2, 0.25) is 0 Å². The van der Waals surface area contributed by atoms with Crippen molar-refractivity contribution in [3.63, 3.8) is 0 Å². The highest BCUT2D eigenvalue weighted by Gasteiger charge is 2.20. The summed E-state index contributed by atoms with van der Waals surface area (Å²) < 4.78 is 22.2. The van der Waals surface area contributed by atoms with Crippen LogP contribution in [-0.4, -0.2) is 26.2 Å². The average molecular weight is 353 g/mol. The second kappa shape index (κ2) is 6.63. The second-order valence-corrected chi connectivity index (χ2v) is 6.06. The zero-order valence-electron chi connectivity index (χ0n) is 14.6. The van der Waals surface area contributed by atoms with E-state index in [9.17, 15) is 4.79 Å². The maximum atomic E-state index is 12.9. The first-order chi connectivity index (χ1) is 12.7. The summed E-state index contributed by atoms with van der Waals surface area (Å²) in [5.74, 6) is 2.30. The minimum absolute atomic E-state index is 0.246. The minimum Gasteiger partial charge on any atom is -0.497 e. The van der Waals surface area contributed by atoms with E-state index in [1.54, 1.807) is 50.4 Å². The highest BCUT2D eigenvalue weighted by atomic mass is 16.5. The quantitative estimate of drug-likeness (QED) is 0.765. The monoisotopic (exact) mass is 353 g/mol. The van der Waals surface area contributed by atoms with E-state index in [0.717, 1.165) is 6.42 Å². The molecule has 0 saturated carbocycles. The fourth-order valence-electron chi connectivity index (χ4n) is 3.04. The highest BCUT2D eigenvalue weighted by Crippen LogP contribution is 2.33. The lowest BCUT2D eigenvalue weighted by atomic mass is 10.1. The molecule has 0 unspecified atom stereocenters. The first-order valence-corrected chi connectivity index (χ1v) is 8.44. The molecule has 134 valence electrons. The predicted molar refractivity (Wildman–Crippen MR) is 97.5 cm³/mol. The molecule has 3 aromatic rings. The molecule has 1 aliphatic rings. The number of hydrogen-bond acceptors (Lipinski definition) is 5. The number of fused-ring (bicyclic) bond motifs is 2. The fourth-order valence-corrected chi connectivity index (χ4v) is 3.04. The maximum Gasteiger partial charge on any atom is 0.259 e. The van der Waals surface area contributed by atoms with E-state index >= 15 is 0 Å². The van der Waals surface area contributed by atoms with Gasteiger partial charge in [-0.05, 0) is 37.3 Å². The molecule has 1 aliphatic heterocycles. The molecule has 2 aromatic carbocycles. The van der Waals surface area contributed by atoms with Gasteiger partial charge in [0.25, 0.3) is 5.91 Å². The van der Waals surface area contributed by atoms with Gasteiger partial charge in [0.15, 0.2) is 11.5 Å². The molecule has 26 heavy (non-hydrogen) atoms. The molecule has 2 heterocycles. The van der Waals surface area contributed by atoms with Gasteiger partial charge in [0, 0.05) is 23.6 Å². The van der Waals surface area contributed by atoms with Crippen LogP contribution in [0, 0.1) is 6.92 Å². The van der Waals surface area contributed by atoms with Gasteiger partial charge in [0.05, 0.1) is 25.9 Å². The first-order valence-electron chi connectivity index (χ1n) is 8.44. The van der Waals surface area contributed by atoms with Gasteiger partial charge >= 0.3 is 0 Å². The second-order valence-electron chi connectivity index (χ2n) is 6.06. The number of methoxy groups -OCH3 is 1. The Morgan fingerprint density at radius 3 is 2.69 bits per heavy atom. The van der Waals surface area contributed by atoms with E-state index in [4.69, 9.17) is 18.6 Å². The number of furan rings is 1. The van der Waals surface area contributed by atoms with Crippen LogP contribution in [0.3, 0.4) is 0 Å². The minimum atomic E-state index is -0.246. The summed E-state index contributed by atoms with van der Waals surface area (Å²) in [6.45, 7) is 2.99. The third-order valence-corrected chi connectivity index (χ3v) is 4.30. The maximum absolute atomic E-state index is 12.9. The number of amides is 1. The Kier molecular flexibility index (Phi) is 4.16. The van der Waals surface area contributed by atoms with Gasteiger partial charge in [-0.1, -0.05) is 0 Å². The SMILES string of the molecule is COc1ccc2oc(C)c(C(=O)Nc3ccc4c(c3)OCCCO4)c2c1. The number of carbonyl (C=O) groups is 1. The Hall–Kier alpha value is -3.15. The third kappa shape index (κ3) is 2.94. The molecule has 1 amide bonds. The molecule has 1 aromatic heterocycles. The van der Waals surface area contributed by atoms with E-state index in [1.165, 1.54) is 0 Å². The molecule has 0 bridgehead atoms. The lowest BCUT2D eigenvalue weighted by Gasteiger charge is -2.10. The number of ether oxygens (including phenoxy) is 3. The number of aryl methyl sites for hydroxylation is 1. The average Bonchev–Trinajstić information content (AvgIpc) is 2.80. The summed E-state index contributed by atoms with van der Waals surface area (Å²) in [7, 11) is 1.59. The summed E-state index contributed by atoms with van der Waals surface area (Å²) >= 11 is 0. The van der Waals surface area contributed by atoms with Crippen LogP contribution in [-0.2, 0) is 0 Å². The number of rotatable bonds is 3. The van der Waals surface area contributed by atoms with Crippen molar-refractivity contribution in [2.45, 2.75) is 13.3 Å². The molecule has 1 N–H and O–H groups in total. The Morgan fingerprint density at radius 2 is 1.88 bits per heavy atom. The van der Waals surface area contributed by atoms with Crippen molar-refractivity contribution >= 4 is 22.6 Å². The Labute approximate surface area is 150 Å². The number of benzene rings is 2. The normalized spacial score (nSPS) is 13.3. The molecule has 4 rings (SSSR count). The molecular weight excluding hydrogens is 334 g/mol. The number of nitrogens with one attached hydrogen (secondary N) is 1. The number of anilines is 1. The molecule has 6 heteroatoms. The van der Waals surface area contributed by atoms with E-state index in [-0.39, 0.29) is 5.91 Å². The molecule has 0 radical (unpaired) electrons. The molecule has 6 nitrogen and oxygen atoms in total. The van der Waals surface area contributed by atoms with Crippen LogP contribution in [0.1, 0.15) is 22.5 Å². The Balaban J connectivity index is 1.65. The van der Waals surface area contributed by atoms with Crippen LogP contribution in [0.25, 0.3) is 11.0 Å². The number of hydrogen-bond donors (Lipinski definition) is 1. The van der Waals surface area contributed by atoms with Crippen molar-refractivity contribution in [1.29, 1.82) is 0 Å². The smallest absolute Gasteiger partial charge is 0.259 e. The fraction of sp³-hybridized carbons (Fsp3) is 0.250. The van der Waals surface area contributed by atoms with Crippen molar-refractivity contribution in [1.82, 2.24) is 0 Å². The molecule has 0 aliphatic carbocycles. The van der Waals surface area contributed by atoms with Gasteiger partial charge in [-0.3, -0.25) is 4.79 Å². The van der Waals surface area contributed by atoms with E-state index < -0.39 is 0 Å². The van der Waals surface area contributed by atoms with Crippen LogP contribution < -0.4 is 19.5 Å². The Bertz CT molecular complexity index is 976. The van der Waals surface area contributed by atoms with E-state index in [1.807, 2.05) is 0 Å². The van der Waals surface area contributed by atoms with Crippen LogP contribution in [0.5, 0.6) is 17.2 Å². The van der Waals surface area contributed by atoms with Crippen molar-refractivity contribution < 1.29 is 23.4 Å². The van der Waals surface area contributed by atoms with Crippen molar-refractivity contribution in [3.8, 4) is 17.2 Å². The summed E-state index contributed by atoms with van der Waals surface area (Å²) in [6, 6.07) is 10.8. The lowest BCUT2D eigenvalue weighted by Crippen LogP contribution is -2.12. The Morgan fingerprint density at radius 1 is 1.08 bits per heavy atom. The largest absolute Gasteiger partial charge is 0.497 e. The zero-order chi connectivity index (χ0) is 18.1. The predicted octanol–water partition coefficient (Wildman–Crippen LogP) is 4.16. The van der Waals surface area contributed by atoms with Crippen molar-refractivity contribution in [3.05, 3.63) is 47.7 Å². The molecular formula is C20H19NO5. The summed E-state index contributed by atoms with van der Waals surface area (Å²) in [5, 5.41) is 3.63. The van der Waals surface area contributed by atoms with Crippen LogP contribution >= 0.6 is 0 Å². The standard InChI is InChI=1S/C20H19NO5/c1-12-19(15-11-14(23-2)5-7-16(15)26-12)20(22)21-13-4-6-17-18(10-13)25-9-3-8-24-17/h4-7,10-11H,3,8-9H2,1-2H3,(H,21,22). The highest BCUT2D eigenvalue weighted by molar-refractivity contribution is 6.13. The van der Waals surface area contributed by atoms with Gasteiger partial charge in [-0.25, -0.2) is 0 Å². The van der Waals surface area contributed by atoms with Crippen molar-refractivity contribution in [2.24, 2.45) is 0 Å². The lowest BCUT2D eigenvalue weighted by molar-refractivity contribution is 0.102. The molecule has 0 saturated heterocycles. The summed E-state index contributed by atoms with van der Waals surface area (Å²) in [4.78, 5) is 12.9. The van der Waals surface area contributed by atoms with E-state index in [0.29, 0.717) is 58.4 Å². The van der Waals surface area contributed by atoms with Crippen molar-refractivity contribution in [2.75, 3.05) is 25.6 Å². The topological polar surface area (TPSA) is 69.9 Å². The van der Waals surface area contributed by atoms with Gasteiger partial charge in [-0.15, -0.1) is 0 Å². The van der Waals surface area contributed by atoms with Crippen LogP contribution in [0.2, 0.25) is 0 Å². The molecule has 0 fully saturated rings. The molecule has 0 spiro atoms. The van der Waals surface area contributed by atoms with Gasteiger partial charge in [0.1, 0.15) is 17.1 Å². The van der Waals surface area contributed by atoms with Gasteiger partial charge in [-0.2, -0.15) is 0 Å².